The summed E-state index contributed by atoms with van der Waals surface area (Å²) < 4.78 is 31.8. The van der Waals surface area contributed by atoms with E-state index < -0.39 is 14.1 Å². The Balaban J connectivity index is 1.39. The number of epoxide rings is 1. The van der Waals surface area contributed by atoms with E-state index in [2.05, 4.69) is 81.4 Å². The molecular formula is C29H40O5Si. The molecule has 0 aliphatic carbocycles. The molecule has 2 aromatic rings. The summed E-state index contributed by atoms with van der Waals surface area (Å²) in [5.74, 6) is -0.508. The van der Waals surface area contributed by atoms with Gasteiger partial charge in [0.1, 0.15) is 11.7 Å². The maximum absolute atomic E-state index is 7.21. The fourth-order valence-corrected chi connectivity index (χ4v) is 10.5. The number of ether oxygens (including phenoxy) is 4. The Hall–Kier alpha value is -1.54. The Bertz CT molecular complexity index is 944. The Kier molecular flexibility index (Phi) is 6.75. The van der Waals surface area contributed by atoms with Gasteiger partial charge in [-0.3, -0.25) is 0 Å². The highest BCUT2D eigenvalue weighted by atomic mass is 28.4. The zero-order valence-electron chi connectivity index (χ0n) is 21.8. The third-order valence-corrected chi connectivity index (χ3v) is 12.8. The zero-order valence-corrected chi connectivity index (χ0v) is 22.8. The molecule has 35 heavy (non-hydrogen) atoms. The molecular weight excluding hydrogens is 456 g/mol. The van der Waals surface area contributed by atoms with E-state index in [-0.39, 0.29) is 29.0 Å². The summed E-state index contributed by atoms with van der Waals surface area (Å²) in [5.41, 5.74) is -0.200. The van der Waals surface area contributed by atoms with Gasteiger partial charge >= 0.3 is 0 Å². The fraction of sp³-hybridized carbons (Fsp3) is 0.586. The lowest BCUT2D eigenvalue weighted by atomic mass is 9.90. The van der Waals surface area contributed by atoms with Gasteiger partial charge in [0.25, 0.3) is 8.32 Å². The van der Waals surface area contributed by atoms with E-state index in [4.69, 9.17) is 23.4 Å². The van der Waals surface area contributed by atoms with Crippen LogP contribution in [0.1, 0.15) is 53.9 Å². The summed E-state index contributed by atoms with van der Waals surface area (Å²) in [6, 6.07) is 21.6. The van der Waals surface area contributed by atoms with Gasteiger partial charge in [-0.05, 0) is 42.1 Å². The monoisotopic (exact) mass is 496 g/mol. The third kappa shape index (κ3) is 5.02. The van der Waals surface area contributed by atoms with Crippen molar-refractivity contribution in [3.8, 4) is 0 Å². The van der Waals surface area contributed by atoms with Crippen LogP contribution in [-0.2, 0) is 23.4 Å². The van der Waals surface area contributed by atoms with Crippen molar-refractivity contribution in [2.45, 2.75) is 88.6 Å². The van der Waals surface area contributed by atoms with E-state index in [1.807, 2.05) is 13.8 Å². The maximum atomic E-state index is 7.21. The van der Waals surface area contributed by atoms with E-state index in [1.165, 1.54) is 10.4 Å². The first-order chi connectivity index (χ1) is 16.6. The molecule has 1 spiro atoms. The average Bonchev–Trinajstić information content (AvgIpc) is 3.52. The van der Waals surface area contributed by atoms with Gasteiger partial charge in [-0.1, -0.05) is 81.4 Å². The van der Waals surface area contributed by atoms with Crippen molar-refractivity contribution in [2.75, 3.05) is 19.8 Å². The first-order valence-electron chi connectivity index (χ1n) is 13.0. The minimum atomic E-state index is -2.63. The molecule has 5 nitrogen and oxygen atoms in total. The molecule has 0 N–H and O–H groups in total. The molecule has 3 heterocycles. The quantitative estimate of drug-likeness (QED) is 0.420. The standard InChI is InChI=1S/C29H40O5Si/c1-27(2,3)35(24-12-8-6-9-13-24,25-14-10-7-11-15-25)32-20-26-29(21-31-29)17-16-22(33-26)18-23-19-30-28(4,5)34-23/h6-15,22-23,26H,16-21H2,1-5H3/t22-,23?,26+,29+/m0/s1. The molecule has 6 heteroatoms. The van der Waals surface area contributed by atoms with E-state index >= 15 is 0 Å². The van der Waals surface area contributed by atoms with Crippen LogP contribution in [0.25, 0.3) is 0 Å². The highest BCUT2D eigenvalue weighted by molar-refractivity contribution is 6.99. The first-order valence-corrected chi connectivity index (χ1v) is 14.9. The Morgan fingerprint density at radius 3 is 2.00 bits per heavy atom. The molecule has 0 saturated carbocycles. The van der Waals surface area contributed by atoms with Crippen molar-refractivity contribution >= 4 is 18.7 Å². The van der Waals surface area contributed by atoms with Crippen molar-refractivity contribution in [3.05, 3.63) is 60.7 Å². The zero-order chi connectivity index (χ0) is 24.7. The van der Waals surface area contributed by atoms with Crippen LogP contribution >= 0.6 is 0 Å². The van der Waals surface area contributed by atoms with Gasteiger partial charge in [0.2, 0.25) is 0 Å². The van der Waals surface area contributed by atoms with Gasteiger partial charge in [0.05, 0.1) is 32.0 Å². The second kappa shape index (κ2) is 9.40. The Morgan fingerprint density at radius 2 is 1.51 bits per heavy atom. The van der Waals surface area contributed by atoms with Gasteiger partial charge in [-0.25, -0.2) is 0 Å². The number of rotatable bonds is 7. The van der Waals surface area contributed by atoms with E-state index in [9.17, 15) is 0 Å². The predicted molar refractivity (Wildman–Crippen MR) is 140 cm³/mol. The highest BCUT2D eigenvalue weighted by Crippen LogP contribution is 2.45. The summed E-state index contributed by atoms with van der Waals surface area (Å²) in [6.07, 6.45) is 2.94. The Morgan fingerprint density at radius 1 is 0.914 bits per heavy atom. The molecule has 5 rings (SSSR count). The largest absolute Gasteiger partial charge is 0.405 e. The Labute approximate surface area is 211 Å². The molecule has 3 aliphatic heterocycles. The molecule has 0 aromatic heterocycles. The van der Waals surface area contributed by atoms with Gasteiger partial charge in [0, 0.05) is 6.42 Å². The topological polar surface area (TPSA) is 49.5 Å². The molecule has 1 unspecified atom stereocenters. The molecule has 3 saturated heterocycles. The molecule has 0 amide bonds. The normalized spacial score (nSPS) is 30.5. The minimum Gasteiger partial charge on any atom is -0.405 e. The van der Waals surface area contributed by atoms with Crippen molar-refractivity contribution in [3.63, 3.8) is 0 Å². The molecule has 0 bridgehead atoms. The number of hydrogen-bond acceptors (Lipinski definition) is 5. The predicted octanol–water partition coefficient (Wildman–Crippen LogP) is 4.42. The smallest absolute Gasteiger partial charge is 0.261 e. The maximum Gasteiger partial charge on any atom is 0.261 e. The van der Waals surface area contributed by atoms with E-state index in [0.717, 1.165) is 25.9 Å². The third-order valence-electron chi connectivity index (χ3n) is 7.81. The van der Waals surface area contributed by atoms with Crippen molar-refractivity contribution < 1.29 is 23.4 Å². The van der Waals surface area contributed by atoms with Crippen molar-refractivity contribution in [1.29, 1.82) is 0 Å². The molecule has 0 radical (unpaired) electrons. The summed E-state index contributed by atoms with van der Waals surface area (Å²) in [5, 5.41) is 2.51. The number of benzene rings is 2. The summed E-state index contributed by atoms with van der Waals surface area (Å²) in [7, 11) is -2.63. The second-order valence-corrected chi connectivity index (χ2v) is 16.1. The van der Waals surface area contributed by atoms with Crippen LogP contribution in [0.15, 0.2) is 60.7 Å². The first kappa shape index (κ1) is 25.1. The second-order valence-electron chi connectivity index (χ2n) is 11.8. The van der Waals surface area contributed by atoms with Crippen LogP contribution in [-0.4, -0.2) is 57.8 Å². The molecule has 4 atom stereocenters. The van der Waals surface area contributed by atoms with Gasteiger partial charge in [0.15, 0.2) is 5.79 Å². The summed E-state index contributed by atoms with van der Waals surface area (Å²) >= 11 is 0. The SMILES string of the molecule is CC1(C)OCC(C[C@@H]2CC[C@@]3(CO3)[C@@H](CO[Si](c3ccccc3)(c3ccccc3)C(C)(C)C)O2)O1. The molecule has 190 valence electrons. The lowest BCUT2D eigenvalue weighted by Gasteiger charge is -2.45. The van der Waals surface area contributed by atoms with Crippen LogP contribution in [0.3, 0.4) is 0 Å². The van der Waals surface area contributed by atoms with Crippen LogP contribution < -0.4 is 10.4 Å². The van der Waals surface area contributed by atoms with Gasteiger partial charge in [-0.15, -0.1) is 0 Å². The van der Waals surface area contributed by atoms with E-state index in [1.54, 1.807) is 0 Å². The minimum absolute atomic E-state index is 0.0675. The van der Waals surface area contributed by atoms with Crippen LogP contribution in [0.2, 0.25) is 5.04 Å². The van der Waals surface area contributed by atoms with Crippen LogP contribution in [0, 0.1) is 0 Å². The lowest BCUT2D eigenvalue weighted by molar-refractivity contribution is -0.153. The van der Waals surface area contributed by atoms with Gasteiger partial charge < -0.3 is 23.4 Å². The summed E-state index contributed by atoms with van der Waals surface area (Å²) in [6.45, 7) is 12.8. The van der Waals surface area contributed by atoms with Gasteiger partial charge in [-0.2, -0.15) is 0 Å². The fourth-order valence-electron chi connectivity index (χ4n) is 5.91. The number of hydrogen-bond donors (Lipinski definition) is 0. The molecule has 2 aromatic carbocycles. The van der Waals surface area contributed by atoms with E-state index in [0.29, 0.717) is 13.2 Å². The summed E-state index contributed by atoms with van der Waals surface area (Å²) in [4.78, 5) is 0. The average molecular weight is 497 g/mol. The molecule has 3 fully saturated rings. The highest BCUT2D eigenvalue weighted by Gasteiger charge is 2.58. The van der Waals surface area contributed by atoms with Crippen LogP contribution in [0.5, 0.6) is 0 Å². The lowest BCUT2D eigenvalue weighted by Crippen LogP contribution is -2.67. The van der Waals surface area contributed by atoms with Crippen LogP contribution in [0.4, 0.5) is 0 Å². The van der Waals surface area contributed by atoms with Crippen molar-refractivity contribution in [1.82, 2.24) is 0 Å². The van der Waals surface area contributed by atoms with Crippen molar-refractivity contribution in [2.24, 2.45) is 0 Å². The molecule has 3 aliphatic rings.